The first-order chi connectivity index (χ1) is 10.5. The molecule has 0 spiro atoms. The summed E-state index contributed by atoms with van der Waals surface area (Å²) < 4.78 is 0. The molecular formula is C20H30Cl2N2. The zero-order valence-electron chi connectivity index (χ0n) is 15.1. The third-order valence-electron chi connectivity index (χ3n) is 4.56. The summed E-state index contributed by atoms with van der Waals surface area (Å²) in [5, 5.41) is 0. The Bertz CT molecular complexity index is 572. The maximum Gasteiger partial charge on any atom is 0.0379 e. The number of hydrogen-bond donors (Lipinski definition) is 2. The lowest BCUT2D eigenvalue weighted by molar-refractivity contribution is 1.09. The summed E-state index contributed by atoms with van der Waals surface area (Å²) in [4.78, 5) is 0. The topological polar surface area (TPSA) is 52.0 Å². The number of hydrogen-bond acceptors (Lipinski definition) is 2. The number of halogens is 2. The van der Waals surface area contributed by atoms with E-state index in [1.54, 1.807) is 0 Å². The van der Waals surface area contributed by atoms with Gasteiger partial charge in [-0.1, -0.05) is 27.7 Å². The zero-order valence-corrected chi connectivity index (χ0v) is 16.7. The summed E-state index contributed by atoms with van der Waals surface area (Å²) in [5.74, 6) is 0. The second kappa shape index (κ2) is 9.80. The first-order valence-electron chi connectivity index (χ1n) is 8.38. The average Bonchev–Trinajstić information content (AvgIpc) is 2.55. The third-order valence-corrected chi connectivity index (χ3v) is 4.56. The molecule has 2 aromatic carbocycles. The second-order valence-corrected chi connectivity index (χ2v) is 5.83. The van der Waals surface area contributed by atoms with E-state index in [0.717, 1.165) is 37.1 Å². The van der Waals surface area contributed by atoms with Crippen molar-refractivity contribution in [1.29, 1.82) is 0 Å². The van der Waals surface area contributed by atoms with Gasteiger partial charge in [0.2, 0.25) is 0 Å². The van der Waals surface area contributed by atoms with Crippen LogP contribution in [-0.4, -0.2) is 0 Å². The molecule has 2 nitrogen and oxygen atoms in total. The monoisotopic (exact) mass is 368 g/mol. The molecule has 24 heavy (non-hydrogen) atoms. The Morgan fingerprint density at radius 2 is 0.750 bits per heavy atom. The number of aryl methyl sites for hydroxylation is 4. The minimum absolute atomic E-state index is 0. The van der Waals surface area contributed by atoms with Gasteiger partial charge in [-0.05, 0) is 83.3 Å². The quantitative estimate of drug-likeness (QED) is 0.673. The van der Waals surface area contributed by atoms with Crippen molar-refractivity contribution in [3.8, 4) is 11.1 Å². The second-order valence-electron chi connectivity index (χ2n) is 5.83. The van der Waals surface area contributed by atoms with Gasteiger partial charge in [-0.15, -0.1) is 24.8 Å². The van der Waals surface area contributed by atoms with Gasteiger partial charge < -0.3 is 11.5 Å². The van der Waals surface area contributed by atoms with Gasteiger partial charge in [0.15, 0.2) is 0 Å². The van der Waals surface area contributed by atoms with Gasteiger partial charge in [-0.2, -0.15) is 0 Å². The van der Waals surface area contributed by atoms with Crippen LogP contribution in [0.25, 0.3) is 11.1 Å². The molecule has 0 amide bonds. The normalized spacial score (nSPS) is 10.0. The predicted molar refractivity (Wildman–Crippen MR) is 113 cm³/mol. The maximum absolute atomic E-state index is 6.27. The molecular weight excluding hydrogens is 339 g/mol. The van der Waals surface area contributed by atoms with Gasteiger partial charge in [0.25, 0.3) is 0 Å². The molecule has 0 aliphatic rings. The van der Waals surface area contributed by atoms with Crippen molar-refractivity contribution in [2.75, 3.05) is 11.5 Å². The lowest BCUT2D eigenvalue weighted by atomic mass is 9.92. The molecule has 0 bridgehead atoms. The molecule has 0 heterocycles. The molecule has 0 radical (unpaired) electrons. The Kier molecular flexibility index (Phi) is 9.24. The van der Waals surface area contributed by atoms with Crippen molar-refractivity contribution in [2.24, 2.45) is 0 Å². The van der Waals surface area contributed by atoms with Gasteiger partial charge in [0, 0.05) is 11.4 Å². The van der Waals surface area contributed by atoms with Crippen molar-refractivity contribution in [3.05, 3.63) is 46.5 Å². The highest BCUT2D eigenvalue weighted by molar-refractivity contribution is 5.85. The van der Waals surface area contributed by atoms with Gasteiger partial charge >= 0.3 is 0 Å². The highest BCUT2D eigenvalue weighted by Gasteiger charge is 2.11. The molecule has 2 rings (SSSR count). The molecule has 0 saturated heterocycles. The molecule has 0 atom stereocenters. The lowest BCUT2D eigenvalue weighted by Crippen LogP contribution is -2.02. The Hall–Kier alpha value is -1.38. The first-order valence-corrected chi connectivity index (χ1v) is 8.38. The highest BCUT2D eigenvalue weighted by Crippen LogP contribution is 2.32. The molecule has 0 aromatic heterocycles. The van der Waals surface area contributed by atoms with E-state index in [0.29, 0.717) is 0 Å². The summed E-state index contributed by atoms with van der Waals surface area (Å²) >= 11 is 0. The van der Waals surface area contributed by atoms with E-state index in [1.807, 2.05) is 0 Å². The largest absolute Gasteiger partial charge is 0.398 e. The molecule has 0 saturated carbocycles. The third kappa shape index (κ3) is 4.37. The predicted octanol–water partition coefficient (Wildman–Crippen LogP) is 5.61. The van der Waals surface area contributed by atoms with E-state index in [2.05, 4.69) is 52.0 Å². The van der Waals surface area contributed by atoms with Crippen LogP contribution in [0.3, 0.4) is 0 Å². The number of nitrogens with two attached hydrogens (primary N) is 2. The van der Waals surface area contributed by atoms with E-state index in [4.69, 9.17) is 11.5 Å². The maximum atomic E-state index is 6.27. The molecule has 2 aromatic rings. The van der Waals surface area contributed by atoms with E-state index in [9.17, 15) is 0 Å². The van der Waals surface area contributed by atoms with Crippen LogP contribution in [0.1, 0.15) is 49.9 Å². The van der Waals surface area contributed by atoms with Crippen LogP contribution >= 0.6 is 24.8 Å². The Morgan fingerprint density at radius 1 is 0.542 bits per heavy atom. The van der Waals surface area contributed by atoms with Crippen LogP contribution in [0.2, 0.25) is 0 Å². The van der Waals surface area contributed by atoms with Crippen LogP contribution in [-0.2, 0) is 25.7 Å². The fourth-order valence-electron chi connectivity index (χ4n) is 3.06. The van der Waals surface area contributed by atoms with Crippen molar-refractivity contribution in [1.82, 2.24) is 0 Å². The standard InChI is InChI=1S/C20H28N2.2ClH/c1-5-13-9-17(10-14(6-2)19(13)21)18-11-15(7-3)20(22)16(8-4)12-18;;/h9-12H,5-8,21-22H2,1-4H3;2*1H. The van der Waals surface area contributed by atoms with Crippen LogP contribution in [0.15, 0.2) is 24.3 Å². The minimum atomic E-state index is 0. The zero-order chi connectivity index (χ0) is 16.3. The molecule has 4 N–H and O–H groups in total. The first kappa shape index (κ1) is 22.6. The van der Waals surface area contributed by atoms with E-state index < -0.39 is 0 Å². The Balaban J connectivity index is 0.00000264. The molecule has 0 aliphatic heterocycles. The fraction of sp³-hybridized carbons (Fsp3) is 0.400. The molecule has 134 valence electrons. The number of anilines is 2. The fourth-order valence-corrected chi connectivity index (χ4v) is 3.06. The summed E-state index contributed by atoms with van der Waals surface area (Å²) in [7, 11) is 0. The van der Waals surface area contributed by atoms with Gasteiger partial charge in [-0.25, -0.2) is 0 Å². The molecule has 0 aliphatic carbocycles. The Morgan fingerprint density at radius 3 is 0.917 bits per heavy atom. The van der Waals surface area contributed by atoms with E-state index >= 15 is 0 Å². The van der Waals surface area contributed by atoms with Crippen LogP contribution in [0.4, 0.5) is 11.4 Å². The highest BCUT2D eigenvalue weighted by atomic mass is 35.5. The number of nitrogen functional groups attached to an aromatic ring is 2. The SMILES string of the molecule is CCc1cc(-c2cc(CC)c(N)c(CC)c2)cc(CC)c1N.Cl.Cl. The number of benzene rings is 2. The van der Waals surface area contributed by atoms with E-state index in [1.165, 1.54) is 33.4 Å². The summed E-state index contributed by atoms with van der Waals surface area (Å²) in [5.41, 5.74) is 21.9. The summed E-state index contributed by atoms with van der Waals surface area (Å²) in [6, 6.07) is 8.94. The molecule has 0 fully saturated rings. The lowest BCUT2D eigenvalue weighted by Gasteiger charge is -2.16. The van der Waals surface area contributed by atoms with E-state index in [-0.39, 0.29) is 24.8 Å². The van der Waals surface area contributed by atoms with Crippen molar-refractivity contribution in [3.63, 3.8) is 0 Å². The van der Waals surface area contributed by atoms with Crippen LogP contribution in [0.5, 0.6) is 0 Å². The summed E-state index contributed by atoms with van der Waals surface area (Å²) in [6.45, 7) is 8.64. The van der Waals surface area contributed by atoms with Gasteiger partial charge in [0.1, 0.15) is 0 Å². The molecule has 4 heteroatoms. The Labute approximate surface area is 158 Å². The van der Waals surface area contributed by atoms with Crippen LogP contribution < -0.4 is 11.5 Å². The van der Waals surface area contributed by atoms with Crippen LogP contribution in [0, 0.1) is 0 Å². The van der Waals surface area contributed by atoms with Crippen molar-refractivity contribution < 1.29 is 0 Å². The smallest absolute Gasteiger partial charge is 0.0379 e. The minimum Gasteiger partial charge on any atom is -0.398 e. The molecule has 0 unspecified atom stereocenters. The average molecular weight is 369 g/mol. The van der Waals surface area contributed by atoms with Crippen molar-refractivity contribution >= 4 is 36.2 Å². The van der Waals surface area contributed by atoms with Gasteiger partial charge in [-0.3, -0.25) is 0 Å². The summed E-state index contributed by atoms with van der Waals surface area (Å²) in [6.07, 6.45) is 3.84. The van der Waals surface area contributed by atoms with Crippen molar-refractivity contribution in [2.45, 2.75) is 53.4 Å². The number of rotatable bonds is 5. The van der Waals surface area contributed by atoms with Gasteiger partial charge in [0.05, 0.1) is 0 Å².